The lowest BCUT2D eigenvalue weighted by molar-refractivity contribution is 0.102. The number of hydrogen-bond donors (Lipinski definition) is 1. The van der Waals surface area contributed by atoms with Crippen molar-refractivity contribution in [2.45, 2.75) is 30.9 Å². The topological polar surface area (TPSA) is 98.2 Å². The molecule has 10 heteroatoms. The number of anilines is 1. The molecule has 35 heavy (non-hydrogen) atoms. The van der Waals surface area contributed by atoms with Crippen LogP contribution >= 0.6 is 11.3 Å². The number of halogens is 1. The molecule has 0 aliphatic rings. The molecule has 4 rings (SSSR count). The maximum Gasteiger partial charge on any atom is 0.300 e. The van der Waals surface area contributed by atoms with Crippen LogP contribution in [0, 0.1) is 26.6 Å². The van der Waals surface area contributed by atoms with Crippen LogP contribution in [0.15, 0.2) is 65.0 Å². The summed E-state index contributed by atoms with van der Waals surface area (Å²) in [6.45, 7) is 5.43. The first-order chi connectivity index (χ1) is 16.6. The van der Waals surface area contributed by atoms with Crippen LogP contribution in [0.2, 0.25) is 0 Å². The number of aromatic nitrogens is 2. The van der Waals surface area contributed by atoms with Crippen molar-refractivity contribution in [1.82, 2.24) is 10.2 Å². The van der Waals surface area contributed by atoms with Crippen molar-refractivity contribution in [2.24, 2.45) is 0 Å². The summed E-state index contributed by atoms with van der Waals surface area (Å²) >= 11 is 0.857. The number of sulfone groups is 1. The highest BCUT2D eigenvalue weighted by Gasteiger charge is 2.22. The van der Waals surface area contributed by atoms with E-state index in [1.807, 2.05) is 32.0 Å². The zero-order valence-corrected chi connectivity index (χ0v) is 20.8. The number of amides is 1. The van der Waals surface area contributed by atoms with E-state index in [4.69, 9.17) is 4.74 Å². The Labute approximate surface area is 206 Å². The van der Waals surface area contributed by atoms with E-state index in [1.54, 1.807) is 19.1 Å². The van der Waals surface area contributed by atoms with Gasteiger partial charge in [-0.15, -0.1) is 5.10 Å². The molecule has 1 N–H and O–H groups in total. The number of hydrogen-bond acceptors (Lipinski definition) is 7. The van der Waals surface area contributed by atoms with E-state index in [1.165, 1.54) is 30.3 Å². The molecule has 0 saturated carbocycles. The minimum Gasteiger partial charge on any atom is -0.429 e. The Morgan fingerprint density at radius 1 is 0.971 bits per heavy atom. The monoisotopic (exact) mass is 511 g/mol. The smallest absolute Gasteiger partial charge is 0.300 e. The third-order valence-corrected chi connectivity index (χ3v) is 8.12. The van der Waals surface area contributed by atoms with Crippen molar-refractivity contribution in [1.29, 1.82) is 0 Å². The Hall–Kier alpha value is -3.63. The second kappa shape index (κ2) is 9.93. The molecule has 180 valence electrons. The highest BCUT2D eigenvalue weighted by molar-refractivity contribution is 7.92. The Bertz CT molecular complexity index is 1500. The molecule has 4 aromatic rings. The first kappa shape index (κ1) is 24.5. The van der Waals surface area contributed by atoms with Gasteiger partial charge in [0.2, 0.25) is 14.2 Å². The number of rotatable bonds is 7. The van der Waals surface area contributed by atoms with E-state index in [9.17, 15) is 17.6 Å². The molecule has 0 aliphatic heterocycles. The molecule has 1 heterocycles. The molecule has 0 saturated heterocycles. The van der Waals surface area contributed by atoms with Crippen molar-refractivity contribution >= 4 is 32.8 Å². The molecule has 3 aromatic carbocycles. The lowest BCUT2D eigenvalue weighted by atomic mass is 10.1. The van der Waals surface area contributed by atoms with Crippen LogP contribution in [0.4, 0.5) is 10.1 Å². The molecule has 0 unspecified atom stereocenters. The minimum atomic E-state index is -3.76. The molecule has 0 fully saturated rings. The molecular formula is C25H22FN3O4S2. The molecule has 7 nitrogen and oxygen atoms in total. The maximum atomic E-state index is 13.4. The average Bonchev–Trinajstić information content (AvgIpc) is 3.29. The van der Waals surface area contributed by atoms with Gasteiger partial charge < -0.3 is 10.1 Å². The SMILES string of the molecule is Cc1ccc(C)c(Oc2nnc(S(=O)(=O)Cc3ccc(C(=O)Nc4ccc(F)c(C)c4)cc3)s2)c1. The summed E-state index contributed by atoms with van der Waals surface area (Å²) in [5.74, 6) is -0.449. The van der Waals surface area contributed by atoms with Gasteiger partial charge in [-0.2, -0.15) is 0 Å². The predicted octanol–water partition coefficient (Wildman–Crippen LogP) is 5.62. The lowest BCUT2D eigenvalue weighted by Gasteiger charge is -2.07. The van der Waals surface area contributed by atoms with Gasteiger partial charge in [0.05, 0.1) is 5.75 Å². The Morgan fingerprint density at radius 3 is 2.43 bits per heavy atom. The summed E-state index contributed by atoms with van der Waals surface area (Å²) in [5, 5.41) is 10.5. The fourth-order valence-electron chi connectivity index (χ4n) is 3.23. The highest BCUT2D eigenvalue weighted by Crippen LogP contribution is 2.31. The first-order valence-corrected chi connectivity index (χ1v) is 13.1. The van der Waals surface area contributed by atoms with Crippen molar-refractivity contribution < 1.29 is 22.3 Å². The Morgan fingerprint density at radius 2 is 1.71 bits per heavy atom. The Kier molecular flexibility index (Phi) is 6.95. The summed E-state index contributed by atoms with van der Waals surface area (Å²) < 4.78 is 44.7. The van der Waals surface area contributed by atoms with Crippen molar-refractivity contribution in [3.05, 3.63) is 94.3 Å². The van der Waals surface area contributed by atoms with Crippen LogP contribution in [0.25, 0.3) is 0 Å². The van der Waals surface area contributed by atoms with Gasteiger partial charge in [-0.1, -0.05) is 29.4 Å². The summed E-state index contributed by atoms with van der Waals surface area (Å²) in [7, 11) is -3.76. The molecule has 0 radical (unpaired) electrons. The van der Waals surface area contributed by atoms with Gasteiger partial charge in [0, 0.05) is 11.3 Å². The molecule has 0 aliphatic carbocycles. The normalized spacial score (nSPS) is 11.3. The zero-order chi connectivity index (χ0) is 25.2. The van der Waals surface area contributed by atoms with Crippen LogP contribution < -0.4 is 10.1 Å². The van der Waals surface area contributed by atoms with Crippen LogP contribution in [-0.4, -0.2) is 24.5 Å². The number of aryl methyl sites for hydroxylation is 3. The fraction of sp³-hybridized carbons (Fsp3) is 0.160. The first-order valence-electron chi connectivity index (χ1n) is 10.6. The molecular weight excluding hydrogens is 489 g/mol. The van der Waals surface area contributed by atoms with Crippen molar-refractivity contribution in [3.8, 4) is 10.9 Å². The third kappa shape index (κ3) is 5.90. The Balaban J connectivity index is 1.43. The van der Waals surface area contributed by atoms with Crippen LogP contribution in [0.5, 0.6) is 10.9 Å². The average molecular weight is 512 g/mol. The number of ether oxygens (including phenoxy) is 1. The third-order valence-electron chi connectivity index (χ3n) is 5.18. The van der Waals surface area contributed by atoms with Gasteiger partial charge >= 0.3 is 5.19 Å². The van der Waals surface area contributed by atoms with Crippen molar-refractivity contribution in [2.75, 3.05) is 5.32 Å². The van der Waals surface area contributed by atoms with E-state index < -0.39 is 9.84 Å². The second-order valence-corrected chi connectivity index (χ2v) is 11.2. The van der Waals surface area contributed by atoms with Gasteiger partial charge in [-0.3, -0.25) is 4.79 Å². The van der Waals surface area contributed by atoms with Gasteiger partial charge in [0.25, 0.3) is 5.91 Å². The largest absolute Gasteiger partial charge is 0.429 e. The number of nitrogens with zero attached hydrogens (tertiary/aromatic N) is 2. The van der Waals surface area contributed by atoms with Crippen LogP contribution in [0.3, 0.4) is 0 Å². The minimum absolute atomic E-state index is 0.139. The van der Waals surface area contributed by atoms with E-state index in [2.05, 4.69) is 15.5 Å². The van der Waals surface area contributed by atoms with Gasteiger partial charge in [-0.25, -0.2) is 12.8 Å². The molecule has 1 amide bonds. The van der Waals surface area contributed by atoms with Crippen LogP contribution in [0.1, 0.15) is 32.6 Å². The summed E-state index contributed by atoms with van der Waals surface area (Å²) in [5.41, 5.74) is 3.62. The number of nitrogens with one attached hydrogen (secondary N) is 1. The number of carbonyl (C=O) groups is 1. The molecule has 0 bridgehead atoms. The van der Waals surface area contributed by atoms with E-state index in [0.29, 0.717) is 28.1 Å². The highest BCUT2D eigenvalue weighted by atomic mass is 32.2. The molecule has 0 spiro atoms. The number of benzene rings is 3. The van der Waals surface area contributed by atoms with E-state index in [-0.39, 0.29) is 27.0 Å². The van der Waals surface area contributed by atoms with Gasteiger partial charge in [-0.05, 0) is 90.8 Å². The summed E-state index contributed by atoms with van der Waals surface area (Å²) in [6, 6.07) is 16.2. The lowest BCUT2D eigenvalue weighted by Crippen LogP contribution is -2.12. The van der Waals surface area contributed by atoms with Crippen molar-refractivity contribution in [3.63, 3.8) is 0 Å². The standard InChI is InChI=1S/C25H22FN3O4S2/c1-15-4-5-16(2)22(12-15)33-24-28-29-25(34-24)35(31,32)14-18-6-8-19(9-7-18)23(30)27-20-10-11-21(26)17(3)13-20/h4-13H,14H2,1-3H3,(H,27,30). The fourth-order valence-corrected chi connectivity index (χ4v) is 5.50. The van der Waals surface area contributed by atoms with Crippen LogP contribution in [-0.2, 0) is 15.6 Å². The zero-order valence-electron chi connectivity index (χ0n) is 19.2. The van der Waals surface area contributed by atoms with E-state index in [0.717, 1.165) is 22.5 Å². The van der Waals surface area contributed by atoms with Gasteiger partial charge in [0.1, 0.15) is 11.6 Å². The maximum absolute atomic E-state index is 13.4. The summed E-state index contributed by atoms with van der Waals surface area (Å²) in [6.07, 6.45) is 0. The molecule has 0 atom stereocenters. The molecule has 1 aromatic heterocycles. The van der Waals surface area contributed by atoms with E-state index >= 15 is 0 Å². The quantitative estimate of drug-likeness (QED) is 0.346. The predicted molar refractivity (Wildman–Crippen MR) is 132 cm³/mol. The summed E-state index contributed by atoms with van der Waals surface area (Å²) in [4.78, 5) is 12.5. The second-order valence-electron chi connectivity index (χ2n) is 8.08. The van der Waals surface area contributed by atoms with Gasteiger partial charge in [0.15, 0.2) is 0 Å². The number of carbonyl (C=O) groups excluding carboxylic acids is 1.